The van der Waals surface area contributed by atoms with E-state index in [2.05, 4.69) is 32.3 Å². The predicted octanol–water partition coefficient (Wildman–Crippen LogP) is 4.53. The molecule has 0 aliphatic carbocycles. The molecule has 0 saturated carbocycles. The molecule has 1 aromatic carbocycles. The topological polar surface area (TPSA) is 46.4 Å². The highest BCUT2D eigenvalue weighted by atomic mass is 79.9. The van der Waals surface area contributed by atoms with E-state index in [1.54, 1.807) is 0 Å². The van der Waals surface area contributed by atoms with Crippen molar-refractivity contribution in [3.05, 3.63) is 63.5 Å². The molecule has 3 aromatic rings. The number of fused-ring (bicyclic) bond motifs is 1. The third kappa shape index (κ3) is 3.15. The van der Waals surface area contributed by atoms with Gasteiger partial charge in [-0.25, -0.2) is 4.98 Å². The van der Waals surface area contributed by atoms with Crippen molar-refractivity contribution < 1.29 is 4.79 Å². The average molecular weight is 372 g/mol. The molecule has 0 bridgehead atoms. The number of pyridine rings is 1. The first kappa shape index (κ1) is 15.7. The second-order valence-electron chi connectivity index (χ2n) is 5.67. The van der Waals surface area contributed by atoms with Crippen LogP contribution in [0, 0.1) is 13.8 Å². The monoisotopic (exact) mass is 371 g/mol. The van der Waals surface area contributed by atoms with Gasteiger partial charge in [-0.05, 0) is 71.6 Å². The minimum absolute atomic E-state index is 0.141. The van der Waals surface area contributed by atoms with Crippen LogP contribution in [0.5, 0.6) is 0 Å². The Bertz CT molecular complexity index is 878. The minimum Gasteiger partial charge on any atom is -0.321 e. The summed E-state index contributed by atoms with van der Waals surface area (Å²) < 4.78 is 2.74. The highest BCUT2D eigenvalue weighted by Crippen LogP contribution is 2.20. The first-order chi connectivity index (χ1) is 11.0. The SMILES string of the molecule is CCc1nc2ccc(Br)cn2c1C(=O)Nc1cc(C)cc(C)c1. The van der Waals surface area contributed by atoms with Crippen molar-refractivity contribution in [2.24, 2.45) is 0 Å². The summed E-state index contributed by atoms with van der Waals surface area (Å²) in [5, 5.41) is 3.00. The molecule has 2 aromatic heterocycles. The van der Waals surface area contributed by atoms with Crippen LogP contribution >= 0.6 is 15.9 Å². The number of aromatic nitrogens is 2. The van der Waals surface area contributed by atoms with E-state index in [-0.39, 0.29) is 5.91 Å². The van der Waals surface area contributed by atoms with E-state index in [4.69, 9.17) is 0 Å². The average Bonchev–Trinajstić information content (AvgIpc) is 2.83. The Labute approximate surface area is 143 Å². The molecule has 0 aliphatic rings. The summed E-state index contributed by atoms with van der Waals surface area (Å²) >= 11 is 3.45. The fourth-order valence-electron chi connectivity index (χ4n) is 2.79. The van der Waals surface area contributed by atoms with Gasteiger partial charge in [0.25, 0.3) is 5.91 Å². The first-order valence-electron chi connectivity index (χ1n) is 7.54. The van der Waals surface area contributed by atoms with Gasteiger partial charge in [-0.15, -0.1) is 0 Å². The van der Waals surface area contributed by atoms with Gasteiger partial charge in [-0.3, -0.25) is 9.20 Å². The maximum Gasteiger partial charge on any atom is 0.274 e. The molecular weight excluding hydrogens is 354 g/mol. The summed E-state index contributed by atoms with van der Waals surface area (Å²) in [7, 11) is 0. The number of hydrogen-bond donors (Lipinski definition) is 1. The molecule has 0 spiro atoms. The number of hydrogen-bond acceptors (Lipinski definition) is 2. The lowest BCUT2D eigenvalue weighted by Crippen LogP contribution is -2.16. The zero-order chi connectivity index (χ0) is 16.6. The highest BCUT2D eigenvalue weighted by molar-refractivity contribution is 9.10. The molecule has 0 fully saturated rings. The van der Waals surface area contributed by atoms with Crippen molar-refractivity contribution in [3.8, 4) is 0 Å². The summed E-state index contributed by atoms with van der Waals surface area (Å²) in [6.45, 7) is 6.04. The van der Waals surface area contributed by atoms with Crippen LogP contribution in [0.15, 0.2) is 41.0 Å². The third-order valence-electron chi connectivity index (χ3n) is 3.68. The molecule has 0 atom stereocenters. The number of benzene rings is 1. The maximum atomic E-state index is 12.8. The van der Waals surface area contributed by atoms with E-state index < -0.39 is 0 Å². The molecule has 3 rings (SSSR count). The van der Waals surface area contributed by atoms with Crippen molar-refractivity contribution >= 4 is 33.2 Å². The van der Waals surface area contributed by atoms with Gasteiger partial charge in [0.2, 0.25) is 0 Å². The van der Waals surface area contributed by atoms with Crippen LogP contribution in [-0.4, -0.2) is 15.3 Å². The van der Waals surface area contributed by atoms with Gasteiger partial charge in [0.15, 0.2) is 0 Å². The minimum atomic E-state index is -0.141. The number of carbonyl (C=O) groups is 1. The van der Waals surface area contributed by atoms with Crippen LogP contribution in [0.3, 0.4) is 0 Å². The number of amides is 1. The van der Waals surface area contributed by atoms with Gasteiger partial charge in [0.1, 0.15) is 11.3 Å². The Kier molecular flexibility index (Phi) is 4.22. The Hall–Kier alpha value is -2.14. The van der Waals surface area contributed by atoms with Crippen molar-refractivity contribution in [1.29, 1.82) is 0 Å². The molecule has 5 heteroatoms. The molecule has 0 unspecified atom stereocenters. The number of imidazole rings is 1. The largest absolute Gasteiger partial charge is 0.321 e. The second-order valence-corrected chi connectivity index (χ2v) is 6.58. The number of halogens is 1. The Balaban J connectivity index is 2.04. The van der Waals surface area contributed by atoms with Gasteiger partial charge in [0, 0.05) is 16.4 Å². The number of rotatable bonds is 3. The fraction of sp³-hybridized carbons (Fsp3) is 0.222. The molecule has 118 valence electrons. The number of carbonyl (C=O) groups excluding carboxylic acids is 1. The van der Waals surface area contributed by atoms with Gasteiger partial charge in [-0.2, -0.15) is 0 Å². The highest BCUT2D eigenvalue weighted by Gasteiger charge is 2.18. The van der Waals surface area contributed by atoms with Gasteiger partial charge in [-0.1, -0.05) is 13.0 Å². The molecule has 1 N–H and O–H groups in total. The predicted molar refractivity (Wildman–Crippen MR) is 96.1 cm³/mol. The van der Waals surface area contributed by atoms with Crippen LogP contribution in [0.4, 0.5) is 5.69 Å². The van der Waals surface area contributed by atoms with Crippen molar-refractivity contribution in [3.63, 3.8) is 0 Å². The zero-order valence-electron chi connectivity index (χ0n) is 13.4. The molecule has 1 amide bonds. The van der Waals surface area contributed by atoms with E-state index in [1.165, 1.54) is 0 Å². The number of nitrogens with one attached hydrogen (secondary N) is 1. The number of aryl methyl sites for hydroxylation is 3. The van der Waals surface area contributed by atoms with Crippen LogP contribution in [-0.2, 0) is 6.42 Å². The van der Waals surface area contributed by atoms with E-state index >= 15 is 0 Å². The van der Waals surface area contributed by atoms with E-state index in [0.29, 0.717) is 12.1 Å². The first-order valence-corrected chi connectivity index (χ1v) is 8.33. The lowest BCUT2D eigenvalue weighted by atomic mass is 10.1. The summed E-state index contributed by atoms with van der Waals surface area (Å²) in [4.78, 5) is 17.4. The Morgan fingerprint density at radius 3 is 2.57 bits per heavy atom. The quantitative estimate of drug-likeness (QED) is 0.734. The molecule has 0 aliphatic heterocycles. The van der Waals surface area contributed by atoms with Crippen molar-refractivity contribution in [1.82, 2.24) is 9.38 Å². The molecule has 2 heterocycles. The maximum absolute atomic E-state index is 12.8. The van der Waals surface area contributed by atoms with Crippen LogP contribution < -0.4 is 5.32 Å². The molecular formula is C18H18BrN3O. The van der Waals surface area contributed by atoms with E-state index in [9.17, 15) is 4.79 Å². The van der Waals surface area contributed by atoms with Crippen LogP contribution in [0.2, 0.25) is 0 Å². The third-order valence-corrected chi connectivity index (χ3v) is 4.15. The van der Waals surface area contributed by atoms with Gasteiger partial charge in [0.05, 0.1) is 5.69 Å². The Morgan fingerprint density at radius 2 is 1.91 bits per heavy atom. The molecule has 0 saturated heterocycles. The van der Waals surface area contributed by atoms with Crippen LogP contribution in [0.1, 0.15) is 34.2 Å². The summed E-state index contributed by atoms with van der Waals surface area (Å²) in [6.07, 6.45) is 2.58. The zero-order valence-corrected chi connectivity index (χ0v) is 14.9. The van der Waals surface area contributed by atoms with Crippen molar-refractivity contribution in [2.45, 2.75) is 27.2 Å². The normalized spacial score (nSPS) is 11.0. The van der Waals surface area contributed by atoms with Gasteiger partial charge >= 0.3 is 0 Å². The Morgan fingerprint density at radius 1 is 1.22 bits per heavy atom. The smallest absolute Gasteiger partial charge is 0.274 e. The van der Waals surface area contributed by atoms with E-state index in [0.717, 1.165) is 32.6 Å². The number of anilines is 1. The molecule has 4 nitrogen and oxygen atoms in total. The van der Waals surface area contributed by atoms with Crippen LogP contribution in [0.25, 0.3) is 5.65 Å². The fourth-order valence-corrected chi connectivity index (χ4v) is 3.13. The van der Waals surface area contributed by atoms with Crippen molar-refractivity contribution in [2.75, 3.05) is 5.32 Å². The summed E-state index contributed by atoms with van der Waals surface area (Å²) in [5.41, 5.74) is 5.21. The lowest BCUT2D eigenvalue weighted by molar-refractivity contribution is 0.102. The van der Waals surface area contributed by atoms with E-state index in [1.807, 2.05) is 55.6 Å². The van der Waals surface area contributed by atoms with Gasteiger partial charge < -0.3 is 5.32 Å². The standard InChI is InChI=1S/C18H18BrN3O/c1-4-15-17(22-10-13(19)5-6-16(22)21-15)18(23)20-14-8-11(2)7-12(3)9-14/h5-10H,4H2,1-3H3,(H,20,23). The summed E-state index contributed by atoms with van der Waals surface area (Å²) in [6, 6.07) is 9.84. The number of nitrogens with zero attached hydrogens (tertiary/aromatic N) is 2. The second kappa shape index (κ2) is 6.16. The molecule has 0 radical (unpaired) electrons. The lowest BCUT2D eigenvalue weighted by Gasteiger charge is -2.09. The summed E-state index contributed by atoms with van der Waals surface area (Å²) in [5.74, 6) is -0.141. The molecule has 23 heavy (non-hydrogen) atoms.